The van der Waals surface area contributed by atoms with E-state index in [9.17, 15) is 14.4 Å². The van der Waals surface area contributed by atoms with Crippen molar-refractivity contribution >= 4 is 29.5 Å². The first kappa shape index (κ1) is 30.8. The van der Waals surface area contributed by atoms with Crippen molar-refractivity contribution < 1.29 is 19.1 Å². The highest BCUT2D eigenvalue weighted by molar-refractivity contribution is 7.99. The molecule has 0 radical (unpaired) electrons. The molecule has 35 heavy (non-hydrogen) atoms. The number of amides is 2. The Morgan fingerprint density at radius 1 is 0.914 bits per heavy atom. The minimum atomic E-state index is -0.773. The van der Waals surface area contributed by atoms with E-state index in [0.29, 0.717) is 12.2 Å². The van der Waals surface area contributed by atoms with Crippen LogP contribution >= 0.6 is 11.8 Å². The third kappa shape index (κ3) is 15.4. The number of benzene rings is 1. The van der Waals surface area contributed by atoms with Gasteiger partial charge in [-0.15, -0.1) is 0 Å². The van der Waals surface area contributed by atoms with Gasteiger partial charge in [-0.1, -0.05) is 94.4 Å². The standard InChI is InChI=1S/C28H44N2O4S/c1-4-5-6-7-8-9-10-11-12-13-17-20-35-22-26(28(33)34-3)30-27(32)25(29-23(2)31)21-24-18-15-14-16-19-24/h13-19,25-26H,4-12,20-22H2,1-3H3,(H,29,31)(H,30,32)/b17-13+/t25-,26-/m0/s1. The minimum absolute atomic E-state index is 0.299. The smallest absolute Gasteiger partial charge is 0.329 e. The molecule has 2 atom stereocenters. The van der Waals surface area contributed by atoms with E-state index >= 15 is 0 Å². The first-order chi connectivity index (χ1) is 17.0. The highest BCUT2D eigenvalue weighted by atomic mass is 32.2. The summed E-state index contributed by atoms with van der Waals surface area (Å²) in [6.07, 6.45) is 16.2. The van der Waals surface area contributed by atoms with Crippen molar-refractivity contribution in [2.75, 3.05) is 18.6 Å². The Labute approximate surface area is 216 Å². The maximum absolute atomic E-state index is 12.9. The summed E-state index contributed by atoms with van der Waals surface area (Å²) in [7, 11) is 1.31. The van der Waals surface area contributed by atoms with E-state index < -0.39 is 24.0 Å². The normalized spacial score (nSPS) is 12.8. The summed E-state index contributed by atoms with van der Waals surface area (Å²) in [5.41, 5.74) is 0.923. The van der Waals surface area contributed by atoms with Gasteiger partial charge in [0.15, 0.2) is 0 Å². The summed E-state index contributed by atoms with van der Waals surface area (Å²) in [4.78, 5) is 36.8. The first-order valence-electron chi connectivity index (χ1n) is 12.9. The Kier molecular flexibility index (Phi) is 17.5. The van der Waals surface area contributed by atoms with Gasteiger partial charge in [0, 0.05) is 24.9 Å². The number of ether oxygens (including phenoxy) is 1. The Hall–Kier alpha value is -2.28. The Balaban J connectivity index is 2.40. The summed E-state index contributed by atoms with van der Waals surface area (Å²) in [5.74, 6) is -0.0231. The molecule has 0 aliphatic rings. The van der Waals surface area contributed by atoms with Gasteiger partial charge in [0.2, 0.25) is 11.8 Å². The van der Waals surface area contributed by atoms with Crippen LogP contribution in [0.25, 0.3) is 0 Å². The van der Waals surface area contributed by atoms with Gasteiger partial charge in [-0.05, 0) is 18.4 Å². The molecule has 0 saturated carbocycles. The van der Waals surface area contributed by atoms with Gasteiger partial charge >= 0.3 is 5.97 Å². The number of methoxy groups -OCH3 is 1. The highest BCUT2D eigenvalue weighted by Crippen LogP contribution is 2.11. The average molecular weight is 505 g/mol. The number of rotatable bonds is 19. The molecule has 2 N–H and O–H groups in total. The lowest BCUT2D eigenvalue weighted by molar-refractivity contribution is -0.144. The van der Waals surface area contributed by atoms with Crippen LogP contribution in [0.3, 0.4) is 0 Å². The second-order valence-corrected chi connectivity index (χ2v) is 9.87. The summed E-state index contributed by atoms with van der Waals surface area (Å²) < 4.78 is 4.88. The van der Waals surface area contributed by atoms with E-state index in [1.165, 1.54) is 65.4 Å². The molecule has 2 amide bonds. The van der Waals surface area contributed by atoms with Crippen LogP contribution < -0.4 is 10.6 Å². The summed E-state index contributed by atoms with van der Waals surface area (Å²) in [6.45, 7) is 3.62. The van der Waals surface area contributed by atoms with Gasteiger partial charge in [0.1, 0.15) is 12.1 Å². The predicted molar refractivity (Wildman–Crippen MR) is 145 cm³/mol. The molecular weight excluding hydrogens is 460 g/mol. The van der Waals surface area contributed by atoms with Crippen molar-refractivity contribution in [3.05, 3.63) is 48.0 Å². The number of unbranched alkanes of at least 4 members (excludes halogenated alkanes) is 8. The van der Waals surface area contributed by atoms with E-state index in [0.717, 1.165) is 17.7 Å². The molecule has 7 heteroatoms. The number of hydrogen-bond donors (Lipinski definition) is 2. The molecule has 0 spiro atoms. The van der Waals surface area contributed by atoms with Crippen molar-refractivity contribution in [3.63, 3.8) is 0 Å². The number of thioether (sulfide) groups is 1. The summed E-state index contributed by atoms with van der Waals surface area (Å²) >= 11 is 1.57. The second-order valence-electron chi connectivity index (χ2n) is 8.80. The van der Waals surface area contributed by atoms with Crippen LogP contribution in [0.2, 0.25) is 0 Å². The fourth-order valence-corrected chi connectivity index (χ4v) is 4.59. The van der Waals surface area contributed by atoms with E-state index in [2.05, 4.69) is 29.7 Å². The van der Waals surface area contributed by atoms with Crippen LogP contribution in [-0.4, -0.2) is 48.5 Å². The van der Waals surface area contributed by atoms with Crippen molar-refractivity contribution in [1.82, 2.24) is 10.6 Å². The fourth-order valence-electron chi connectivity index (χ4n) is 3.72. The molecule has 0 unspecified atom stereocenters. The highest BCUT2D eigenvalue weighted by Gasteiger charge is 2.26. The molecule has 0 aromatic heterocycles. The average Bonchev–Trinajstić information content (AvgIpc) is 2.85. The van der Waals surface area contributed by atoms with E-state index in [1.54, 1.807) is 11.8 Å². The number of nitrogens with one attached hydrogen (secondary N) is 2. The van der Waals surface area contributed by atoms with E-state index in [1.807, 2.05) is 30.3 Å². The van der Waals surface area contributed by atoms with Gasteiger partial charge in [-0.3, -0.25) is 9.59 Å². The second kappa shape index (κ2) is 20.0. The van der Waals surface area contributed by atoms with Gasteiger partial charge in [-0.2, -0.15) is 11.8 Å². The van der Waals surface area contributed by atoms with Crippen LogP contribution in [-0.2, 0) is 25.5 Å². The SMILES string of the molecule is CCCCCCCCCC/C=C/CSC[C@H](NC(=O)[C@H](Cc1ccccc1)NC(C)=O)C(=O)OC. The summed E-state index contributed by atoms with van der Waals surface area (Å²) in [5, 5.41) is 5.45. The Morgan fingerprint density at radius 2 is 1.57 bits per heavy atom. The number of carbonyl (C=O) groups is 3. The molecule has 6 nitrogen and oxygen atoms in total. The zero-order valence-electron chi connectivity index (χ0n) is 21.7. The molecule has 1 rings (SSSR count). The lowest BCUT2D eigenvalue weighted by Gasteiger charge is -2.21. The molecule has 196 valence electrons. The first-order valence-corrected chi connectivity index (χ1v) is 14.0. The lowest BCUT2D eigenvalue weighted by atomic mass is 10.0. The molecule has 0 saturated heterocycles. The van der Waals surface area contributed by atoms with Crippen molar-refractivity contribution in [2.24, 2.45) is 0 Å². The largest absolute Gasteiger partial charge is 0.467 e. The molecule has 0 aliphatic heterocycles. The third-order valence-corrected chi connectivity index (χ3v) is 6.67. The predicted octanol–water partition coefficient (Wildman–Crippen LogP) is 5.21. The van der Waals surface area contributed by atoms with Gasteiger partial charge in [-0.25, -0.2) is 4.79 Å². The molecule has 1 aromatic carbocycles. The fraction of sp³-hybridized carbons (Fsp3) is 0.607. The van der Waals surface area contributed by atoms with Crippen LogP contribution in [0, 0.1) is 0 Å². The van der Waals surface area contributed by atoms with Crippen molar-refractivity contribution in [1.29, 1.82) is 0 Å². The van der Waals surface area contributed by atoms with Crippen molar-refractivity contribution in [2.45, 2.75) is 90.1 Å². The van der Waals surface area contributed by atoms with Crippen LogP contribution in [0.15, 0.2) is 42.5 Å². The summed E-state index contributed by atoms with van der Waals surface area (Å²) in [6, 6.07) is 7.92. The number of carbonyl (C=O) groups excluding carboxylic acids is 3. The number of hydrogen-bond acceptors (Lipinski definition) is 5. The third-order valence-electron chi connectivity index (χ3n) is 5.67. The number of esters is 1. The maximum Gasteiger partial charge on any atom is 0.329 e. The molecule has 0 aliphatic carbocycles. The number of allylic oxidation sites excluding steroid dienone is 1. The van der Waals surface area contributed by atoms with Crippen LogP contribution in [0.5, 0.6) is 0 Å². The molecule has 1 aromatic rings. The molecule has 0 fully saturated rings. The molecule has 0 heterocycles. The van der Waals surface area contributed by atoms with Gasteiger partial charge in [0.05, 0.1) is 7.11 Å². The maximum atomic E-state index is 12.9. The molecule has 0 bridgehead atoms. The van der Waals surface area contributed by atoms with E-state index in [4.69, 9.17) is 4.74 Å². The zero-order chi connectivity index (χ0) is 25.7. The van der Waals surface area contributed by atoms with Gasteiger partial charge in [0.25, 0.3) is 0 Å². The molecular formula is C28H44N2O4S. The topological polar surface area (TPSA) is 84.5 Å². The van der Waals surface area contributed by atoms with Crippen LogP contribution in [0.1, 0.15) is 77.2 Å². The van der Waals surface area contributed by atoms with E-state index in [-0.39, 0.29) is 5.91 Å². The van der Waals surface area contributed by atoms with Gasteiger partial charge < -0.3 is 15.4 Å². The minimum Gasteiger partial charge on any atom is -0.467 e. The van der Waals surface area contributed by atoms with Crippen molar-refractivity contribution in [3.8, 4) is 0 Å². The van der Waals surface area contributed by atoms with Crippen LogP contribution in [0.4, 0.5) is 0 Å². The Morgan fingerprint density at radius 3 is 2.20 bits per heavy atom. The lowest BCUT2D eigenvalue weighted by Crippen LogP contribution is -2.53. The quantitative estimate of drug-likeness (QED) is 0.153. The zero-order valence-corrected chi connectivity index (χ0v) is 22.5. The monoisotopic (exact) mass is 504 g/mol. The Bertz CT molecular complexity index is 755.